The lowest BCUT2D eigenvalue weighted by Crippen LogP contribution is -2.43. The summed E-state index contributed by atoms with van der Waals surface area (Å²) in [6.07, 6.45) is 8.32. The number of nitrogens with zero attached hydrogens (tertiary/aromatic N) is 3. The first kappa shape index (κ1) is 18.1. The van der Waals surface area contributed by atoms with Gasteiger partial charge in [0.1, 0.15) is 0 Å². The molecule has 0 saturated heterocycles. The predicted octanol–water partition coefficient (Wildman–Crippen LogP) is 2.45. The number of imidazole rings is 1. The molecule has 0 bridgehead atoms. The van der Waals surface area contributed by atoms with Gasteiger partial charge in [0.15, 0.2) is 11.5 Å². The van der Waals surface area contributed by atoms with Gasteiger partial charge < -0.3 is 24.3 Å². The molecule has 0 unspecified atom stereocenters. The molecular weight excluding hydrogens is 332 g/mol. The van der Waals surface area contributed by atoms with E-state index in [9.17, 15) is 4.79 Å². The van der Waals surface area contributed by atoms with Crippen LogP contribution in [0.1, 0.15) is 24.0 Å². The van der Waals surface area contributed by atoms with E-state index in [1.807, 2.05) is 34.1 Å². The number of carbonyl (C=O) groups is 1. The zero-order chi connectivity index (χ0) is 18.4. The Hall–Kier alpha value is -2.70. The molecule has 1 aliphatic heterocycles. The van der Waals surface area contributed by atoms with Gasteiger partial charge in [0, 0.05) is 38.6 Å². The molecule has 2 aromatic rings. The number of unbranched alkanes of at least 4 members (excludes halogenated alkanes) is 1. The fourth-order valence-corrected chi connectivity index (χ4v) is 3.20. The number of urea groups is 1. The van der Waals surface area contributed by atoms with Gasteiger partial charge in [-0.2, -0.15) is 0 Å². The van der Waals surface area contributed by atoms with Crippen molar-refractivity contribution in [2.24, 2.45) is 0 Å². The fraction of sp³-hybridized carbons (Fsp3) is 0.474. The zero-order valence-electron chi connectivity index (χ0n) is 15.4. The molecule has 0 saturated carbocycles. The summed E-state index contributed by atoms with van der Waals surface area (Å²) in [5.74, 6) is 1.44. The lowest BCUT2D eigenvalue weighted by molar-refractivity contribution is 0.192. The van der Waals surface area contributed by atoms with Crippen molar-refractivity contribution in [1.82, 2.24) is 19.8 Å². The maximum Gasteiger partial charge on any atom is 0.317 e. The molecule has 2 heterocycles. The largest absolute Gasteiger partial charge is 0.493 e. The van der Waals surface area contributed by atoms with Crippen molar-refractivity contribution < 1.29 is 14.3 Å². The van der Waals surface area contributed by atoms with Gasteiger partial charge in [-0.1, -0.05) is 0 Å². The molecule has 7 nitrogen and oxygen atoms in total. The van der Waals surface area contributed by atoms with Crippen LogP contribution in [0.2, 0.25) is 0 Å². The Morgan fingerprint density at radius 2 is 1.96 bits per heavy atom. The van der Waals surface area contributed by atoms with Crippen LogP contribution in [0.4, 0.5) is 4.79 Å². The van der Waals surface area contributed by atoms with Crippen LogP contribution in [0.5, 0.6) is 11.5 Å². The Morgan fingerprint density at radius 1 is 1.19 bits per heavy atom. The number of rotatable bonds is 7. The monoisotopic (exact) mass is 358 g/mol. The van der Waals surface area contributed by atoms with Crippen molar-refractivity contribution in [3.05, 3.63) is 42.0 Å². The third-order valence-electron chi connectivity index (χ3n) is 4.68. The fourth-order valence-electron chi connectivity index (χ4n) is 3.20. The maximum atomic E-state index is 12.4. The quantitative estimate of drug-likeness (QED) is 0.772. The van der Waals surface area contributed by atoms with Crippen LogP contribution in [-0.4, -0.2) is 47.8 Å². The Kier molecular flexibility index (Phi) is 5.99. The first-order valence-electron chi connectivity index (χ1n) is 8.93. The average Bonchev–Trinajstić information content (AvgIpc) is 3.19. The minimum atomic E-state index is -0.00642. The molecule has 1 N–H and O–H groups in total. The highest BCUT2D eigenvalue weighted by molar-refractivity contribution is 5.74. The Morgan fingerprint density at radius 3 is 2.65 bits per heavy atom. The Bertz CT molecular complexity index is 731. The van der Waals surface area contributed by atoms with E-state index in [1.165, 1.54) is 5.56 Å². The topological polar surface area (TPSA) is 68.6 Å². The van der Waals surface area contributed by atoms with E-state index in [4.69, 9.17) is 9.47 Å². The van der Waals surface area contributed by atoms with Crippen molar-refractivity contribution in [2.45, 2.75) is 32.4 Å². The molecule has 1 aliphatic rings. The van der Waals surface area contributed by atoms with Crippen LogP contribution in [0.25, 0.3) is 0 Å². The lowest BCUT2D eigenvalue weighted by atomic mass is 9.99. The smallest absolute Gasteiger partial charge is 0.317 e. The summed E-state index contributed by atoms with van der Waals surface area (Å²) in [6, 6.07) is 3.98. The summed E-state index contributed by atoms with van der Waals surface area (Å²) >= 11 is 0. The van der Waals surface area contributed by atoms with Gasteiger partial charge >= 0.3 is 6.03 Å². The third kappa shape index (κ3) is 4.28. The van der Waals surface area contributed by atoms with Crippen LogP contribution in [-0.2, 0) is 19.5 Å². The van der Waals surface area contributed by atoms with Crippen LogP contribution in [0.3, 0.4) is 0 Å². The number of nitrogens with one attached hydrogen (secondary N) is 1. The number of amides is 2. The summed E-state index contributed by atoms with van der Waals surface area (Å²) in [4.78, 5) is 18.3. The van der Waals surface area contributed by atoms with Crippen LogP contribution < -0.4 is 14.8 Å². The number of hydrogen-bond acceptors (Lipinski definition) is 4. The number of hydrogen-bond donors (Lipinski definition) is 1. The van der Waals surface area contributed by atoms with Crippen molar-refractivity contribution >= 4 is 6.03 Å². The second-order valence-corrected chi connectivity index (χ2v) is 6.39. The van der Waals surface area contributed by atoms with E-state index in [1.54, 1.807) is 20.4 Å². The highest BCUT2D eigenvalue weighted by Crippen LogP contribution is 2.33. The molecule has 3 rings (SSSR count). The second-order valence-electron chi connectivity index (χ2n) is 6.39. The van der Waals surface area contributed by atoms with Gasteiger partial charge in [-0.25, -0.2) is 9.78 Å². The van der Waals surface area contributed by atoms with E-state index in [-0.39, 0.29) is 6.03 Å². The molecule has 26 heavy (non-hydrogen) atoms. The van der Waals surface area contributed by atoms with Crippen LogP contribution in [0, 0.1) is 0 Å². The number of benzene rings is 1. The van der Waals surface area contributed by atoms with Crippen LogP contribution >= 0.6 is 0 Å². The lowest BCUT2D eigenvalue weighted by Gasteiger charge is -2.29. The Balaban J connectivity index is 1.47. The van der Waals surface area contributed by atoms with Crippen LogP contribution in [0.15, 0.2) is 30.9 Å². The molecular formula is C19H26N4O3. The van der Waals surface area contributed by atoms with E-state index in [2.05, 4.69) is 10.3 Å². The standard InChI is InChI=1S/C19H26N4O3/c1-25-17-11-15-5-9-23(13-16(15)12-18(17)26-2)19(24)21-6-3-4-8-22-10-7-20-14-22/h7,10-12,14H,3-6,8-9,13H2,1-2H3,(H,21,24). The predicted molar refractivity (Wildman–Crippen MR) is 98.5 cm³/mol. The van der Waals surface area contributed by atoms with Crippen molar-refractivity contribution in [3.63, 3.8) is 0 Å². The summed E-state index contributed by atoms with van der Waals surface area (Å²) in [5.41, 5.74) is 2.33. The van der Waals surface area contributed by atoms with Gasteiger partial charge in [-0.15, -0.1) is 0 Å². The van der Waals surface area contributed by atoms with E-state index in [0.29, 0.717) is 25.4 Å². The number of aryl methyl sites for hydroxylation is 1. The maximum absolute atomic E-state index is 12.4. The van der Waals surface area contributed by atoms with E-state index >= 15 is 0 Å². The number of fused-ring (bicyclic) bond motifs is 1. The molecule has 2 amide bonds. The molecule has 1 aromatic heterocycles. The molecule has 0 atom stereocenters. The van der Waals surface area contributed by atoms with Gasteiger partial charge in [0.2, 0.25) is 0 Å². The minimum absolute atomic E-state index is 0.00642. The number of carbonyl (C=O) groups excluding carboxylic acids is 1. The summed E-state index contributed by atoms with van der Waals surface area (Å²) in [6.45, 7) is 2.91. The highest BCUT2D eigenvalue weighted by atomic mass is 16.5. The van der Waals surface area contributed by atoms with Gasteiger partial charge in [-0.05, 0) is 42.5 Å². The summed E-state index contributed by atoms with van der Waals surface area (Å²) in [7, 11) is 3.26. The van der Waals surface area contributed by atoms with E-state index in [0.717, 1.165) is 37.1 Å². The number of aromatic nitrogens is 2. The Labute approximate surface area is 153 Å². The summed E-state index contributed by atoms with van der Waals surface area (Å²) < 4.78 is 12.8. The van der Waals surface area contributed by atoms with Gasteiger partial charge in [-0.3, -0.25) is 0 Å². The first-order chi connectivity index (χ1) is 12.7. The molecule has 0 spiro atoms. The minimum Gasteiger partial charge on any atom is -0.493 e. The molecule has 1 aromatic carbocycles. The van der Waals surface area contributed by atoms with Crippen molar-refractivity contribution in [1.29, 1.82) is 0 Å². The normalized spacial score (nSPS) is 13.2. The molecule has 7 heteroatoms. The molecule has 140 valence electrons. The highest BCUT2D eigenvalue weighted by Gasteiger charge is 2.22. The van der Waals surface area contributed by atoms with Gasteiger partial charge in [0.05, 0.1) is 20.5 Å². The average molecular weight is 358 g/mol. The van der Waals surface area contributed by atoms with Gasteiger partial charge in [0.25, 0.3) is 0 Å². The first-order valence-corrected chi connectivity index (χ1v) is 8.93. The number of ether oxygens (including phenoxy) is 2. The number of methoxy groups -OCH3 is 2. The van der Waals surface area contributed by atoms with Crippen molar-refractivity contribution in [2.75, 3.05) is 27.3 Å². The third-order valence-corrected chi connectivity index (χ3v) is 4.68. The van der Waals surface area contributed by atoms with Crippen molar-refractivity contribution in [3.8, 4) is 11.5 Å². The SMILES string of the molecule is COc1cc2c(cc1OC)CN(C(=O)NCCCCn1ccnc1)CC2. The molecule has 0 fully saturated rings. The summed E-state index contributed by atoms with van der Waals surface area (Å²) in [5, 5.41) is 3.02. The van der Waals surface area contributed by atoms with E-state index < -0.39 is 0 Å². The molecule has 0 radical (unpaired) electrons. The molecule has 0 aliphatic carbocycles. The zero-order valence-corrected chi connectivity index (χ0v) is 15.4. The second kappa shape index (κ2) is 8.60.